The first-order valence-electron chi connectivity index (χ1n) is 9.39. The average Bonchev–Trinajstić information content (AvgIpc) is 3.20. The van der Waals surface area contributed by atoms with Crippen LogP contribution in [0, 0.1) is 5.92 Å². The molecule has 9 nitrogen and oxygen atoms in total. The van der Waals surface area contributed by atoms with Crippen LogP contribution in [0.5, 0.6) is 0 Å². The van der Waals surface area contributed by atoms with Crippen molar-refractivity contribution in [1.29, 1.82) is 0 Å². The lowest BCUT2D eigenvalue weighted by Gasteiger charge is -2.21. The Hall–Kier alpha value is -2.59. The number of nitrogens with zero attached hydrogens (tertiary/aromatic N) is 2. The number of nitrogens with two attached hydrogens (primary N) is 1. The molecule has 0 bridgehead atoms. The number of carboxylic acids is 1. The van der Waals surface area contributed by atoms with Crippen molar-refractivity contribution in [3.63, 3.8) is 0 Å². The summed E-state index contributed by atoms with van der Waals surface area (Å²) in [5.74, 6) is -0.725. The molecule has 0 saturated carbocycles. The van der Waals surface area contributed by atoms with Gasteiger partial charge in [0.2, 0.25) is 11.8 Å². The predicted octanol–water partition coefficient (Wildman–Crippen LogP) is 2.08. The number of thiol groups is 1. The Morgan fingerprint density at radius 1 is 1.21 bits per heavy atom. The molecule has 158 valence electrons. The molecule has 29 heavy (non-hydrogen) atoms. The zero-order valence-electron chi connectivity index (χ0n) is 16.4. The first kappa shape index (κ1) is 22.7. The van der Waals surface area contributed by atoms with E-state index in [1.165, 1.54) is 0 Å². The topological polar surface area (TPSA) is 143 Å². The van der Waals surface area contributed by atoms with Crippen molar-refractivity contribution < 1.29 is 19.1 Å². The van der Waals surface area contributed by atoms with E-state index in [0.29, 0.717) is 12.8 Å². The molecule has 0 aliphatic heterocycles. The number of benzene rings is 1. The van der Waals surface area contributed by atoms with E-state index in [1.807, 2.05) is 37.3 Å². The third-order valence-electron chi connectivity index (χ3n) is 4.62. The Bertz CT molecular complexity index is 801. The first-order valence-corrected chi connectivity index (χ1v) is 10.0. The van der Waals surface area contributed by atoms with E-state index in [2.05, 4.69) is 33.5 Å². The zero-order valence-corrected chi connectivity index (χ0v) is 17.3. The second-order valence-corrected chi connectivity index (χ2v) is 7.19. The Kier molecular flexibility index (Phi) is 8.47. The first-order chi connectivity index (χ1) is 13.8. The minimum absolute atomic E-state index is 0.157. The van der Waals surface area contributed by atoms with Crippen LogP contribution >= 0.6 is 12.6 Å². The van der Waals surface area contributed by atoms with Gasteiger partial charge in [0.15, 0.2) is 0 Å². The summed E-state index contributed by atoms with van der Waals surface area (Å²) in [5, 5.41) is 22.3. The van der Waals surface area contributed by atoms with Crippen LogP contribution in [0.1, 0.15) is 49.7 Å². The lowest BCUT2D eigenvalue weighted by atomic mass is 9.99. The third-order valence-corrected chi connectivity index (χ3v) is 4.99. The number of aliphatic carboxylic acids is 1. The maximum absolute atomic E-state index is 12.3. The molecule has 0 aliphatic carbocycles. The van der Waals surface area contributed by atoms with Gasteiger partial charge in [-0.3, -0.25) is 0 Å². The van der Waals surface area contributed by atoms with Crippen LogP contribution < -0.4 is 16.4 Å². The fourth-order valence-corrected chi connectivity index (χ4v) is 2.95. The number of carbonyl (C=O) groups is 2. The van der Waals surface area contributed by atoms with Crippen LogP contribution in [0.4, 0.5) is 4.79 Å². The van der Waals surface area contributed by atoms with Gasteiger partial charge in [-0.15, -0.1) is 10.2 Å². The lowest BCUT2D eigenvalue weighted by Crippen LogP contribution is -2.50. The van der Waals surface area contributed by atoms with Crippen molar-refractivity contribution in [2.75, 3.05) is 5.75 Å². The molecule has 0 aliphatic rings. The number of carboxylic acid groups (broad SMARTS) is 1. The monoisotopic (exact) mass is 421 g/mol. The summed E-state index contributed by atoms with van der Waals surface area (Å²) in [6, 6.07) is 6.85. The molecule has 2 rings (SSSR count). The Balaban J connectivity index is 2.01. The van der Waals surface area contributed by atoms with E-state index in [0.717, 1.165) is 5.56 Å². The van der Waals surface area contributed by atoms with E-state index in [1.54, 1.807) is 6.92 Å². The average molecular weight is 422 g/mol. The number of aromatic nitrogens is 2. The fourth-order valence-electron chi connectivity index (χ4n) is 2.70. The van der Waals surface area contributed by atoms with E-state index in [-0.39, 0.29) is 23.5 Å². The summed E-state index contributed by atoms with van der Waals surface area (Å²) in [5.41, 5.74) is 7.19. The largest absolute Gasteiger partial charge is 0.480 e. The van der Waals surface area contributed by atoms with Crippen LogP contribution in [-0.4, -0.2) is 39.1 Å². The quantitative estimate of drug-likeness (QED) is 0.370. The summed E-state index contributed by atoms with van der Waals surface area (Å²) >= 11 is 4.22. The summed E-state index contributed by atoms with van der Waals surface area (Å²) in [6.07, 6.45) is 1.14. The van der Waals surface area contributed by atoms with Gasteiger partial charge in [0.1, 0.15) is 12.1 Å². The molecule has 1 aromatic carbocycles. The highest BCUT2D eigenvalue weighted by Crippen LogP contribution is 2.19. The maximum atomic E-state index is 12.3. The molecular weight excluding hydrogens is 394 g/mol. The molecule has 0 radical (unpaired) electrons. The molecule has 1 heterocycles. The smallest absolute Gasteiger partial charge is 0.326 e. The lowest BCUT2D eigenvalue weighted by molar-refractivity contribution is -0.140. The van der Waals surface area contributed by atoms with Crippen molar-refractivity contribution in [3.05, 3.63) is 47.7 Å². The summed E-state index contributed by atoms with van der Waals surface area (Å²) in [4.78, 5) is 23.6. The Morgan fingerprint density at radius 2 is 1.86 bits per heavy atom. The standard InChI is InChI=1S/C19H27N5O4S/c1-3-11(2)15(18(25)26)22-19(27)21-14(10-29)17-24-23-16(28-17)13(20)9-12-7-5-4-6-8-12/h4-8,11,13-15,29H,3,9-10,20H2,1-2H3,(H,25,26)(H2,21,22,27)/t11?,13-,14-,15-/m0/s1. The van der Waals surface area contributed by atoms with Crippen molar-refractivity contribution in [3.8, 4) is 0 Å². The molecule has 5 N–H and O–H groups in total. The minimum Gasteiger partial charge on any atom is -0.480 e. The van der Waals surface area contributed by atoms with Crippen LogP contribution in [0.3, 0.4) is 0 Å². The molecule has 1 aromatic heterocycles. The van der Waals surface area contributed by atoms with Gasteiger partial charge in [-0.25, -0.2) is 9.59 Å². The van der Waals surface area contributed by atoms with Crippen LogP contribution in [-0.2, 0) is 11.2 Å². The molecular formula is C19H27N5O4S. The van der Waals surface area contributed by atoms with E-state index in [9.17, 15) is 14.7 Å². The number of carbonyl (C=O) groups excluding carboxylic acids is 1. The molecule has 0 spiro atoms. The highest BCUT2D eigenvalue weighted by atomic mass is 32.1. The molecule has 10 heteroatoms. The second-order valence-electron chi connectivity index (χ2n) is 6.83. The van der Waals surface area contributed by atoms with Crippen molar-refractivity contribution in [2.45, 2.75) is 44.8 Å². The number of amides is 2. The summed E-state index contributed by atoms with van der Waals surface area (Å²) in [6.45, 7) is 3.61. The van der Waals surface area contributed by atoms with Gasteiger partial charge in [0, 0.05) is 5.75 Å². The molecule has 2 amide bonds. The molecule has 2 aromatic rings. The number of urea groups is 1. The SMILES string of the molecule is CCC(C)[C@H](NC(=O)N[C@@H](CS)c1nnc([C@@H](N)Cc2ccccc2)o1)C(=O)O. The van der Waals surface area contributed by atoms with Gasteiger partial charge < -0.3 is 25.9 Å². The Morgan fingerprint density at radius 3 is 2.45 bits per heavy atom. The van der Waals surface area contributed by atoms with Crippen LogP contribution in [0.2, 0.25) is 0 Å². The van der Waals surface area contributed by atoms with Crippen molar-refractivity contribution in [2.24, 2.45) is 11.7 Å². The van der Waals surface area contributed by atoms with Gasteiger partial charge >= 0.3 is 12.0 Å². The number of hydrogen-bond donors (Lipinski definition) is 5. The number of hydrogen-bond acceptors (Lipinski definition) is 7. The second kappa shape index (κ2) is 10.8. The molecule has 1 unspecified atom stereocenters. The van der Waals surface area contributed by atoms with E-state index in [4.69, 9.17) is 10.2 Å². The van der Waals surface area contributed by atoms with Gasteiger partial charge in [-0.1, -0.05) is 50.6 Å². The normalized spacial score (nSPS) is 15.2. The maximum Gasteiger partial charge on any atom is 0.326 e. The van der Waals surface area contributed by atoms with Gasteiger partial charge in [-0.2, -0.15) is 12.6 Å². The van der Waals surface area contributed by atoms with Crippen LogP contribution in [0.25, 0.3) is 0 Å². The summed E-state index contributed by atoms with van der Waals surface area (Å²) < 4.78 is 5.64. The van der Waals surface area contributed by atoms with Crippen LogP contribution in [0.15, 0.2) is 34.7 Å². The predicted molar refractivity (Wildman–Crippen MR) is 111 cm³/mol. The van der Waals surface area contributed by atoms with Gasteiger partial charge in [0.05, 0.1) is 6.04 Å². The summed E-state index contributed by atoms with van der Waals surface area (Å²) in [7, 11) is 0. The fraction of sp³-hybridized carbons (Fsp3) is 0.474. The Labute approximate surface area is 174 Å². The number of rotatable bonds is 10. The van der Waals surface area contributed by atoms with Gasteiger partial charge in [-0.05, 0) is 17.9 Å². The van der Waals surface area contributed by atoms with Crippen molar-refractivity contribution in [1.82, 2.24) is 20.8 Å². The van der Waals surface area contributed by atoms with E-state index < -0.39 is 30.1 Å². The van der Waals surface area contributed by atoms with Gasteiger partial charge in [0.25, 0.3) is 0 Å². The van der Waals surface area contributed by atoms with Crippen molar-refractivity contribution >= 4 is 24.6 Å². The zero-order chi connectivity index (χ0) is 21.4. The van der Waals surface area contributed by atoms with E-state index >= 15 is 0 Å². The molecule has 0 saturated heterocycles. The molecule has 0 fully saturated rings. The third kappa shape index (κ3) is 6.47. The number of nitrogens with one attached hydrogen (secondary N) is 2. The highest BCUT2D eigenvalue weighted by molar-refractivity contribution is 7.80. The minimum atomic E-state index is -1.09. The molecule has 4 atom stereocenters. The highest BCUT2D eigenvalue weighted by Gasteiger charge is 2.27.